The van der Waals surface area contributed by atoms with Crippen molar-refractivity contribution in [3.63, 3.8) is 0 Å². The van der Waals surface area contributed by atoms with Crippen LogP contribution < -0.4 is 0 Å². The van der Waals surface area contributed by atoms with Crippen molar-refractivity contribution in [2.75, 3.05) is 0 Å². The summed E-state index contributed by atoms with van der Waals surface area (Å²) in [6, 6.07) is 6.87. The molecule has 1 aromatic carbocycles. The van der Waals surface area contributed by atoms with Gasteiger partial charge in [-0.2, -0.15) is 0 Å². The second-order valence-electron chi connectivity index (χ2n) is 6.39. The van der Waals surface area contributed by atoms with Crippen LogP contribution in [0.15, 0.2) is 18.2 Å². The molecule has 0 saturated carbocycles. The van der Waals surface area contributed by atoms with E-state index in [9.17, 15) is 5.11 Å². The van der Waals surface area contributed by atoms with E-state index < -0.39 is 0 Å². The molecule has 2 unspecified atom stereocenters. The first kappa shape index (κ1) is 13.6. The number of fused-ring (bicyclic) bond motifs is 1. The third-order valence-electron chi connectivity index (χ3n) is 4.33. The predicted molar refractivity (Wildman–Crippen MR) is 76.9 cm³/mol. The van der Waals surface area contributed by atoms with Gasteiger partial charge < -0.3 is 5.11 Å². The fraction of sp³-hybridized carbons (Fsp3) is 0.647. The number of aryl methyl sites for hydroxylation is 1. The van der Waals surface area contributed by atoms with Gasteiger partial charge in [0.15, 0.2) is 0 Å². The molecule has 0 heterocycles. The van der Waals surface area contributed by atoms with E-state index in [-0.39, 0.29) is 12.0 Å². The number of rotatable bonds is 3. The predicted octanol–water partition coefficient (Wildman–Crippen LogP) is 3.93. The van der Waals surface area contributed by atoms with Crippen LogP contribution in [0.5, 0.6) is 0 Å². The van der Waals surface area contributed by atoms with Crippen molar-refractivity contribution < 1.29 is 5.11 Å². The maximum atomic E-state index is 9.98. The summed E-state index contributed by atoms with van der Waals surface area (Å²) in [4.78, 5) is 0. The third-order valence-corrected chi connectivity index (χ3v) is 4.33. The quantitative estimate of drug-likeness (QED) is 0.856. The number of hydrogen-bond donors (Lipinski definition) is 1. The molecule has 18 heavy (non-hydrogen) atoms. The molecule has 0 spiro atoms. The van der Waals surface area contributed by atoms with Crippen LogP contribution >= 0.6 is 0 Å². The van der Waals surface area contributed by atoms with Gasteiger partial charge in [-0.1, -0.05) is 39.0 Å². The number of aliphatic hydroxyl groups excluding tert-OH is 1. The lowest BCUT2D eigenvalue weighted by Crippen LogP contribution is -2.21. The molecule has 0 radical (unpaired) electrons. The van der Waals surface area contributed by atoms with Crippen molar-refractivity contribution in [3.8, 4) is 0 Å². The molecule has 1 heteroatoms. The van der Waals surface area contributed by atoms with E-state index >= 15 is 0 Å². The Morgan fingerprint density at radius 1 is 1.17 bits per heavy atom. The Labute approximate surface area is 111 Å². The van der Waals surface area contributed by atoms with Crippen LogP contribution in [0.1, 0.15) is 56.7 Å². The summed E-state index contributed by atoms with van der Waals surface area (Å²) in [5.41, 5.74) is 4.34. The van der Waals surface area contributed by atoms with E-state index in [1.165, 1.54) is 36.0 Å². The zero-order valence-corrected chi connectivity index (χ0v) is 12.1. The lowest BCUT2D eigenvalue weighted by Gasteiger charge is -2.27. The highest BCUT2D eigenvalue weighted by Crippen LogP contribution is 2.32. The van der Waals surface area contributed by atoms with Crippen molar-refractivity contribution in [1.29, 1.82) is 0 Å². The van der Waals surface area contributed by atoms with Crippen LogP contribution in [-0.4, -0.2) is 11.2 Å². The van der Waals surface area contributed by atoms with E-state index in [2.05, 4.69) is 39.0 Å². The molecule has 0 fully saturated rings. The highest BCUT2D eigenvalue weighted by molar-refractivity contribution is 5.36. The Morgan fingerprint density at radius 3 is 2.50 bits per heavy atom. The first-order valence-corrected chi connectivity index (χ1v) is 7.28. The zero-order chi connectivity index (χ0) is 13.3. The molecule has 1 aromatic rings. The Kier molecular flexibility index (Phi) is 4.11. The fourth-order valence-corrected chi connectivity index (χ4v) is 3.38. The Bertz CT molecular complexity index is 398. The van der Waals surface area contributed by atoms with Gasteiger partial charge in [-0.3, -0.25) is 0 Å². The number of benzene rings is 1. The molecule has 0 aromatic heterocycles. The first-order valence-electron chi connectivity index (χ1n) is 7.28. The van der Waals surface area contributed by atoms with Crippen molar-refractivity contribution in [3.05, 3.63) is 34.9 Å². The standard InChI is InChI=1S/C17H26O/c1-11(2)17(13(4)18)16-8-7-14-9-12(3)5-6-15(14)10-16/h7-8,10-13,17-18H,5-6,9H2,1-4H3/t12?,13-,17?/m0/s1. The van der Waals surface area contributed by atoms with Crippen molar-refractivity contribution in [2.45, 2.75) is 59.0 Å². The molecule has 3 atom stereocenters. The van der Waals surface area contributed by atoms with E-state index in [1.807, 2.05) is 6.92 Å². The molecule has 2 rings (SSSR count). The summed E-state index contributed by atoms with van der Waals surface area (Å²) in [5.74, 6) is 1.56. The van der Waals surface area contributed by atoms with Crippen LogP contribution in [0.25, 0.3) is 0 Å². The minimum atomic E-state index is -0.273. The minimum absolute atomic E-state index is 0.259. The summed E-state index contributed by atoms with van der Waals surface area (Å²) in [5, 5.41) is 9.98. The van der Waals surface area contributed by atoms with Gasteiger partial charge in [0.25, 0.3) is 0 Å². The van der Waals surface area contributed by atoms with Crippen LogP contribution in [0.4, 0.5) is 0 Å². The zero-order valence-electron chi connectivity index (χ0n) is 12.1. The summed E-state index contributed by atoms with van der Waals surface area (Å²) in [6.07, 6.45) is 3.45. The number of hydrogen-bond acceptors (Lipinski definition) is 1. The summed E-state index contributed by atoms with van der Waals surface area (Å²) in [6.45, 7) is 8.63. The largest absolute Gasteiger partial charge is 0.393 e. The van der Waals surface area contributed by atoms with E-state index in [1.54, 1.807) is 0 Å². The molecular weight excluding hydrogens is 220 g/mol. The SMILES string of the molecule is CC1CCc2cc(C(C(C)C)[C@H](C)O)ccc2C1. The third kappa shape index (κ3) is 2.77. The molecular formula is C17H26O. The normalized spacial score (nSPS) is 22.7. The monoisotopic (exact) mass is 246 g/mol. The molecule has 0 bridgehead atoms. The first-order chi connectivity index (χ1) is 8.49. The highest BCUT2D eigenvalue weighted by atomic mass is 16.3. The van der Waals surface area contributed by atoms with Crippen LogP contribution in [-0.2, 0) is 12.8 Å². The van der Waals surface area contributed by atoms with Gasteiger partial charge in [0.1, 0.15) is 0 Å². The second kappa shape index (κ2) is 5.44. The van der Waals surface area contributed by atoms with Gasteiger partial charge in [-0.05, 0) is 54.7 Å². The summed E-state index contributed by atoms with van der Waals surface area (Å²) < 4.78 is 0. The van der Waals surface area contributed by atoms with E-state index in [0.29, 0.717) is 5.92 Å². The molecule has 1 N–H and O–H groups in total. The average Bonchev–Trinajstić information content (AvgIpc) is 2.28. The van der Waals surface area contributed by atoms with Gasteiger partial charge in [0.2, 0.25) is 0 Å². The molecule has 1 aliphatic carbocycles. The van der Waals surface area contributed by atoms with Gasteiger partial charge in [-0.25, -0.2) is 0 Å². The van der Waals surface area contributed by atoms with Crippen molar-refractivity contribution in [1.82, 2.24) is 0 Å². The Hall–Kier alpha value is -0.820. The average molecular weight is 246 g/mol. The number of aliphatic hydroxyl groups is 1. The second-order valence-corrected chi connectivity index (χ2v) is 6.39. The molecule has 0 aliphatic heterocycles. The van der Waals surface area contributed by atoms with Gasteiger partial charge >= 0.3 is 0 Å². The summed E-state index contributed by atoms with van der Waals surface area (Å²) >= 11 is 0. The van der Waals surface area contributed by atoms with Crippen LogP contribution in [0.2, 0.25) is 0 Å². The molecule has 0 saturated heterocycles. The molecule has 1 aliphatic rings. The smallest absolute Gasteiger partial charge is 0.0583 e. The van der Waals surface area contributed by atoms with Crippen molar-refractivity contribution in [2.24, 2.45) is 11.8 Å². The van der Waals surface area contributed by atoms with Crippen molar-refractivity contribution >= 4 is 0 Å². The molecule has 0 amide bonds. The highest BCUT2D eigenvalue weighted by Gasteiger charge is 2.23. The maximum absolute atomic E-state index is 9.98. The lowest BCUT2D eigenvalue weighted by molar-refractivity contribution is 0.140. The van der Waals surface area contributed by atoms with E-state index in [4.69, 9.17) is 0 Å². The maximum Gasteiger partial charge on any atom is 0.0583 e. The lowest BCUT2D eigenvalue weighted by atomic mass is 9.79. The Balaban J connectivity index is 2.30. The summed E-state index contributed by atoms with van der Waals surface area (Å²) in [7, 11) is 0. The topological polar surface area (TPSA) is 20.2 Å². The van der Waals surface area contributed by atoms with Crippen LogP contribution in [0.3, 0.4) is 0 Å². The molecule has 100 valence electrons. The minimum Gasteiger partial charge on any atom is -0.393 e. The van der Waals surface area contributed by atoms with Gasteiger partial charge in [0.05, 0.1) is 6.10 Å². The van der Waals surface area contributed by atoms with Gasteiger partial charge in [-0.15, -0.1) is 0 Å². The van der Waals surface area contributed by atoms with Gasteiger partial charge in [0, 0.05) is 5.92 Å². The fourth-order valence-electron chi connectivity index (χ4n) is 3.38. The Morgan fingerprint density at radius 2 is 1.89 bits per heavy atom. The van der Waals surface area contributed by atoms with Crippen LogP contribution in [0, 0.1) is 11.8 Å². The van der Waals surface area contributed by atoms with E-state index in [0.717, 1.165) is 5.92 Å². The molecule has 1 nitrogen and oxygen atoms in total.